The van der Waals surface area contributed by atoms with Gasteiger partial charge in [-0.2, -0.15) is 5.26 Å². The summed E-state index contributed by atoms with van der Waals surface area (Å²) in [6.45, 7) is 5.87. The average Bonchev–Trinajstić information content (AvgIpc) is 3.49. The van der Waals surface area contributed by atoms with Gasteiger partial charge >= 0.3 is 0 Å². The van der Waals surface area contributed by atoms with Crippen LogP contribution in [-0.4, -0.2) is 62.1 Å². The lowest BCUT2D eigenvalue weighted by Crippen LogP contribution is -2.35. The Morgan fingerprint density at radius 3 is 2.93 bits per heavy atom. The number of rotatable bonds is 4. The van der Waals surface area contributed by atoms with Gasteiger partial charge in [0.15, 0.2) is 0 Å². The summed E-state index contributed by atoms with van der Waals surface area (Å²) in [4.78, 5) is 8.86. The van der Waals surface area contributed by atoms with Gasteiger partial charge in [0.25, 0.3) is 0 Å². The van der Waals surface area contributed by atoms with E-state index in [-0.39, 0.29) is 5.92 Å². The Kier molecular flexibility index (Phi) is 5.08. The number of likely N-dealkylation sites (tertiary alicyclic amines) is 1. The number of fused-ring (bicyclic) bond motifs is 1. The van der Waals surface area contributed by atoms with Gasteiger partial charge in [0.2, 0.25) is 6.43 Å². The zero-order chi connectivity index (χ0) is 20.7. The lowest BCUT2D eigenvalue weighted by molar-refractivity contribution is 0.0551. The van der Waals surface area contributed by atoms with Gasteiger partial charge in [0.05, 0.1) is 11.1 Å². The molecule has 30 heavy (non-hydrogen) atoms. The predicted molar refractivity (Wildman–Crippen MR) is 113 cm³/mol. The minimum absolute atomic E-state index is 0.0584. The molecule has 2 aromatic rings. The Labute approximate surface area is 175 Å². The molecule has 0 amide bonds. The van der Waals surface area contributed by atoms with Crippen LogP contribution < -0.4 is 10.2 Å². The van der Waals surface area contributed by atoms with Crippen LogP contribution >= 0.6 is 0 Å². The van der Waals surface area contributed by atoms with E-state index in [9.17, 15) is 14.0 Å². The lowest BCUT2D eigenvalue weighted by Gasteiger charge is -2.26. The van der Waals surface area contributed by atoms with Gasteiger partial charge in [0, 0.05) is 55.9 Å². The third kappa shape index (κ3) is 3.42. The highest BCUT2D eigenvalue weighted by Gasteiger charge is 2.44. The Balaban J connectivity index is 1.37. The van der Waals surface area contributed by atoms with Gasteiger partial charge in [-0.1, -0.05) is 0 Å². The molecule has 1 aromatic carbocycles. The van der Waals surface area contributed by atoms with Gasteiger partial charge < -0.3 is 15.1 Å². The molecule has 0 bridgehead atoms. The van der Waals surface area contributed by atoms with E-state index in [2.05, 4.69) is 26.2 Å². The molecule has 1 spiro atoms. The number of nitrogens with one attached hydrogen (secondary N) is 1. The van der Waals surface area contributed by atoms with Crippen LogP contribution in [0.2, 0.25) is 0 Å². The highest BCUT2D eigenvalue weighted by atomic mass is 19.3. The average molecular weight is 412 g/mol. The first kappa shape index (κ1) is 19.7. The number of nitriles is 1. The summed E-state index contributed by atoms with van der Waals surface area (Å²) in [5, 5.41) is 13.7. The van der Waals surface area contributed by atoms with Gasteiger partial charge in [-0.3, -0.25) is 4.98 Å². The van der Waals surface area contributed by atoms with Gasteiger partial charge in [-0.25, -0.2) is 8.78 Å². The van der Waals surface area contributed by atoms with Crippen molar-refractivity contribution in [3.05, 3.63) is 36.0 Å². The summed E-state index contributed by atoms with van der Waals surface area (Å²) in [5.41, 5.74) is 2.42. The number of pyridine rings is 1. The van der Waals surface area contributed by atoms with Crippen molar-refractivity contribution in [2.75, 3.05) is 50.7 Å². The number of anilines is 1. The first-order valence-corrected chi connectivity index (χ1v) is 10.8. The van der Waals surface area contributed by atoms with Crippen molar-refractivity contribution in [2.24, 2.45) is 17.3 Å². The smallest absolute Gasteiger partial charge is 0.243 e. The first-order valence-electron chi connectivity index (χ1n) is 10.8. The third-order valence-electron chi connectivity index (χ3n) is 7.37. The predicted octanol–water partition coefficient (Wildman–Crippen LogP) is 3.11. The molecule has 3 fully saturated rings. The molecular weight excluding hydrogens is 384 g/mol. The zero-order valence-corrected chi connectivity index (χ0v) is 17.0. The van der Waals surface area contributed by atoms with Gasteiger partial charge in [-0.15, -0.1) is 0 Å². The second-order valence-electron chi connectivity index (χ2n) is 9.22. The highest BCUT2D eigenvalue weighted by molar-refractivity contribution is 5.95. The van der Waals surface area contributed by atoms with Crippen molar-refractivity contribution in [2.45, 2.75) is 19.3 Å². The Bertz CT molecular complexity index is 966. The summed E-state index contributed by atoms with van der Waals surface area (Å²) in [7, 11) is 0. The van der Waals surface area contributed by atoms with E-state index in [1.165, 1.54) is 12.8 Å². The van der Waals surface area contributed by atoms with E-state index in [0.29, 0.717) is 29.6 Å². The van der Waals surface area contributed by atoms with Crippen LogP contribution in [0, 0.1) is 28.6 Å². The number of hydrogen-bond donors (Lipinski definition) is 1. The molecule has 0 saturated carbocycles. The van der Waals surface area contributed by atoms with Crippen LogP contribution in [0.4, 0.5) is 14.5 Å². The van der Waals surface area contributed by atoms with E-state index < -0.39 is 12.3 Å². The topological polar surface area (TPSA) is 55.2 Å². The standard InChI is InChI=1S/C23H27F2N5/c24-22(25)19-13-30(20-4-3-16(10-26)21-18(20)2-1-7-28-21)12-17(19)11-29-9-6-23(15-29)5-8-27-14-23/h1-4,7,17,19,22,27H,5-6,8-9,11-15H2/t17-,19-,23?/m1/s1. The SMILES string of the molecule is N#Cc1ccc(N2C[C@@H](CN3CCC4(CCNC4)C3)[C@H](C(F)F)C2)c2cccnc12. The summed E-state index contributed by atoms with van der Waals surface area (Å²) in [6, 6.07) is 9.60. The molecule has 3 saturated heterocycles. The summed E-state index contributed by atoms with van der Waals surface area (Å²) < 4.78 is 27.9. The molecule has 3 atom stereocenters. The van der Waals surface area contributed by atoms with Crippen LogP contribution in [0.15, 0.2) is 30.5 Å². The molecule has 5 nitrogen and oxygen atoms in total. The van der Waals surface area contributed by atoms with E-state index >= 15 is 0 Å². The molecule has 1 N–H and O–H groups in total. The fourth-order valence-electron chi connectivity index (χ4n) is 5.75. The molecule has 3 aliphatic heterocycles. The summed E-state index contributed by atoms with van der Waals surface area (Å²) in [5.74, 6) is -0.692. The Morgan fingerprint density at radius 2 is 2.17 bits per heavy atom. The van der Waals surface area contributed by atoms with Crippen LogP contribution in [0.3, 0.4) is 0 Å². The number of hydrogen-bond acceptors (Lipinski definition) is 5. The maximum absolute atomic E-state index is 14.0. The molecule has 0 aliphatic carbocycles. The first-order chi connectivity index (χ1) is 14.6. The number of halogens is 2. The molecule has 4 heterocycles. The molecule has 7 heteroatoms. The fourth-order valence-corrected chi connectivity index (χ4v) is 5.75. The molecule has 1 aromatic heterocycles. The molecule has 158 valence electrons. The maximum Gasteiger partial charge on any atom is 0.243 e. The molecule has 0 radical (unpaired) electrons. The quantitative estimate of drug-likeness (QED) is 0.838. The minimum Gasteiger partial charge on any atom is -0.370 e. The van der Waals surface area contributed by atoms with E-state index in [1.54, 1.807) is 12.3 Å². The molecular formula is C23H27F2N5. The van der Waals surface area contributed by atoms with E-state index in [0.717, 1.165) is 43.8 Å². The number of aromatic nitrogens is 1. The third-order valence-corrected chi connectivity index (χ3v) is 7.37. The van der Waals surface area contributed by atoms with E-state index in [4.69, 9.17) is 0 Å². The minimum atomic E-state index is -2.33. The Hall–Kier alpha value is -2.30. The van der Waals surface area contributed by atoms with Gasteiger partial charge in [-0.05, 0) is 61.5 Å². The van der Waals surface area contributed by atoms with Crippen molar-refractivity contribution < 1.29 is 8.78 Å². The van der Waals surface area contributed by atoms with Crippen LogP contribution in [-0.2, 0) is 0 Å². The monoisotopic (exact) mass is 411 g/mol. The van der Waals surface area contributed by atoms with E-state index in [1.807, 2.05) is 18.2 Å². The zero-order valence-electron chi connectivity index (χ0n) is 17.0. The normalized spacial score (nSPS) is 29.5. The van der Waals surface area contributed by atoms with Crippen molar-refractivity contribution in [1.82, 2.24) is 15.2 Å². The fraction of sp³-hybridized carbons (Fsp3) is 0.565. The van der Waals surface area contributed by atoms with Crippen molar-refractivity contribution in [3.63, 3.8) is 0 Å². The van der Waals surface area contributed by atoms with Crippen molar-refractivity contribution in [1.29, 1.82) is 5.26 Å². The van der Waals surface area contributed by atoms with Crippen LogP contribution in [0.1, 0.15) is 18.4 Å². The number of nitrogens with zero attached hydrogens (tertiary/aromatic N) is 4. The largest absolute Gasteiger partial charge is 0.370 e. The summed E-state index contributed by atoms with van der Waals surface area (Å²) >= 11 is 0. The van der Waals surface area contributed by atoms with Crippen LogP contribution in [0.25, 0.3) is 10.9 Å². The lowest BCUT2D eigenvalue weighted by atomic mass is 9.86. The number of benzene rings is 1. The second-order valence-corrected chi connectivity index (χ2v) is 9.22. The summed E-state index contributed by atoms with van der Waals surface area (Å²) in [6.07, 6.45) is 1.71. The maximum atomic E-state index is 14.0. The van der Waals surface area contributed by atoms with Crippen molar-refractivity contribution >= 4 is 16.6 Å². The highest BCUT2D eigenvalue weighted by Crippen LogP contribution is 2.40. The van der Waals surface area contributed by atoms with Crippen LogP contribution in [0.5, 0.6) is 0 Å². The molecule has 3 aliphatic rings. The van der Waals surface area contributed by atoms with Gasteiger partial charge in [0.1, 0.15) is 6.07 Å². The molecule has 1 unspecified atom stereocenters. The Morgan fingerprint density at radius 1 is 1.27 bits per heavy atom. The molecule has 5 rings (SSSR count). The second kappa shape index (κ2) is 7.75. The number of alkyl halides is 2. The van der Waals surface area contributed by atoms with Crippen molar-refractivity contribution in [3.8, 4) is 6.07 Å².